The van der Waals surface area contributed by atoms with E-state index in [-0.39, 0.29) is 54.4 Å². The second-order valence-electron chi connectivity index (χ2n) is 15.9. The molecule has 3 heterocycles. The smallest absolute Gasteiger partial charge is 0.268 e. The quantitative estimate of drug-likeness (QED) is 0.112. The van der Waals surface area contributed by atoms with Gasteiger partial charge >= 0.3 is 0 Å². The minimum absolute atomic E-state index is 0. The molecule has 3 aromatic heterocycles. The van der Waals surface area contributed by atoms with Crippen molar-refractivity contribution in [2.24, 2.45) is 0 Å². The van der Waals surface area contributed by atoms with E-state index in [0.717, 1.165) is 38.8 Å². The van der Waals surface area contributed by atoms with E-state index in [9.17, 15) is 0 Å². The van der Waals surface area contributed by atoms with Crippen LogP contribution in [0.5, 0.6) is 11.5 Å². The molecule has 10 rings (SSSR count). The van der Waals surface area contributed by atoms with Crippen molar-refractivity contribution in [3.8, 4) is 45.3 Å². The summed E-state index contributed by atoms with van der Waals surface area (Å²) < 4.78 is 99.5. The van der Waals surface area contributed by atoms with E-state index in [1.54, 1.807) is 22.8 Å². The second-order valence-corrected chi connectivity index (χ2v) is 15.9. The van der Waals surface area contributed by atoms with Crippen LogP contribution in [0.1, 0.15) is 59.5 Å². The van der Waals surface area contributed by atoms with Gasteiger partial charge in [-0.3, -0.25) is 4.57 Å². The molecule has 5 nitrogen and oxygen atoms in total. The number of hydrogen-bond acceptors (Lipinski definition) is 2. The third-order valence-corrected chi connectivity index (χ3v) is 10.7. The molecule has 6 heteroatoms. The molecule has 0 unspecified atom stereocenters. The van der Waals surface area contributed by atoms with Crippen molar-refractivity contribution in [1.29, 1.82) is 0 Å². The zero-order chi connectivity index (χ0) is 50.4. The van der Waals surface area contributed by atoms with Gasteiger partial charge in [-0.05, 0) is 70.7 Å². The summed E-state index contributed by atoms with van der Waals surface area (Å²) in [6.07, 6.45) is 5.33. The van der Waals surface area contributed by atoms with Crippen LogP contribution in [0.3, 0.4) is 0 Å². The molecule has 0 amide bonds. The maximum atomic E-state index is 9.05. The predicted molar refractivity (Wildman–Crippen MR) is 248 cm³/mol. The molecule has 0 N–H and O–H groups in total. The van der Waals surface area contributed by atoms with Gasteiger partial charge in [-0.15, -0.1) is 41.3 Å². The number of ether oxygens (including phenoxy) is 1. The standard InChI is InChI=1S/C56H44N4O.Pt/c1-38(2)54(58-37-59(51-29-15-14-28-50(51)58)55-45(39-18-8-6-9-19-39)25-17-26-46(55)40-20-10-7-11-21-40)41-22-16-23-43(34-41)61-44-30-31-48-47-24-12-13-27-49(47)60(52(48)36-44)53-35-42(32-33-57-53)56(3,4)5;/h6-33,35H,1-5H3;/q-2;/i6D,7D,8D,9D,10D,11D,18D,19D,20D,21D;. The van der Waals surface area contributed by atoms with Gasteiger partial charge in [0.05, 0.1) is 30.4 Å². The summed E-state index contributed by atoms with van der Waals surface area (Å²) in [5, 5.41) is 2.05. The Balaban J connectivity index is 0.00000640. The number of rotatable bonds is 8. The van der Waals surface area contributed by atoms with Crippen LogP contribution in [0.4, 0.5) is 0 Å². The number of benzene rings is 7. The van der Waals surface area contributed by atoms with Crippen LogP contribution in [-0.2, 0) is 26.5 Å². The molecule has 62 heavy (non-hydrogen) atoms. The Labute approximate surface area is 391 Å². The van der Waals surface area contributed by atoms with E-state index in [2.05, 4.69) is 62.0 Å². The van der Waals surface area contributed by atoms with Crippen molar-refractivity contribution in [3.05, 3.63) is 211 Å². The number of fused-ring (bicyclic) bond motifs is 4. The fourth-order valence-electron chi connectivity index (χ4n) is 7.90. The van der Waals surface area contributed by atoms with Crippen LogP contribution < -0.4 is 9.30 Å². The average molecular weight is 994 g/mol. The van der Waals surface area contributed by atoms with Crippen LogP contribution in [-0.4, -0.2) is 14.1 Å². The monoisotopic (exact) mass is 993 g/mol. The molecule has 0 bridgehead atoms. The first-order chi connectivity index (χ1) is 33.9. The molecule has 0 aliphatic rings. The summed E-state index contributed by atoms with van der Waals surface area (Å²) in [4.78, 5) is 4.81. The number of pyridine rings is 1. The van der Waals surface area contributed by atoms with Crippen molar-refractivity contribution >= 4 is 38.5 Å². The number of hydrogen-bond donors (Lipinski definition) is 0. The van der Waals surface area contributed by atoms with E-state index in [1.165, 1.54) is 0 Å². The molecule has 0 radical (unpaired) electrons. The molecule has 0 saturated carbocycles. The van der Waals surface area contributed by atoms with E-state index >= 15 is 0 Å². The Hall–Kier alpha value is -6.81. The SMILES string of the molecule is [2H]c1c([2H])c([2H])c(-c2cccc(-c3c([2H])c([2H])c([2H])c([2H])c3[2H])c2-[n+]2[c-]n(C(=C(C)C)c3[c-]c(Oc4[c-]c5c(cc4)c4ccccc4n5-c4cc(C(C)(C)C)ccn4)ccc3)c3ccccc32)c([2H])c1[2H].[Pt]. The zero-order valence-electron chi connectivity index (χ0n) is 44.5. The van der Waals surface area contributed by atoms with Gasteiger partial charge < -0.3 is 13.9 Å². The molecule has 0 aliphatic carbocycles. The summed E-state index contributed by atoms with van der Waals surface area (Å²) in [5.41, 5.74) is 6.40. The van der Waals surface area contributed by atoms with Crippen molar-refractivity contribution in [2.75, 3.05) is 0 Å². The van der Waals surface area contributed by atoms with Crippen LogP contribution in [0.2, 0.25) is 0 Å². The molecule has 306 valence electrons. The third-order valence-electron chi connectivity index (χ3n) is 10.7. The summed E-state index contributed by atoms with van der Waals surface area (Å²) in [6.45, 7) is 10.4. The van der Waals surface area contributed by atoms with E-state index in [0.29, 0.717) is 33.8 Å². The van der Waals surface area contributed by atoms with E-state index in [4.69, 9.17) is 23.4 Å². The second kappa shape index (κ2) is 16.6. The molecule has 0 saturated heterocycles. The summed E-state index contributed by atoms with van der Waals surface area (Å²) in [5.74, 6) is 1.63. The van der Waals surface area contributed by atoms with Crippen LogP contribution >= 0.6 is 0 Å². The predicted octanol–water partition coefficient (Wildman–Crippen LogP) is 13.5. The Morgan fingerprint density at radius 2 is 1.32 bits per heavy atom. The number of aromatic nitrogens is 4. The molecule has 0 atom stereocenters. The molecule has 0 aliphatic heterocycles. The fourth-order valence-corrected chi connectivity index (χ4v) is 7.90. The first-order valence-electron chi connectivity index (χ1n) is 24.9. The maximum Gasteiger partial charge on any atom is 0.268 e. The van der Waals surface area contributed by atoms with Crippen LogP contribution in [0.25, 0.3) is 72.3 Å². The Morgan fingerprint density at radius 3 is 2.02 bits per heavy atom. The topological polar surface area (TPSA) is 35.9 Å². The van der Waals surface area contributed by atoms with Gasteiger partial charge in [0, 0.05) is 50.0 Å². The Kier molecular flexibility index (Phi) is 8.08. The van der Waals surface area contributed by atoms with Gasteiger partial charge in [0.1, 0.15) is 5.82 Å². The van der Waals surface area contributed by atoms with Crippen LogP contribution in [0.15, 0.2) is 181 Å². The number of allylic oxidation sites excluding steroid dienone is 1. The molecule has 0 spiro atoms. The minimum atomic E-state index is -0.570. The first-order valence-corrected chi connectivity index (χ1v) is 19.9. The molecular formula is C56H44N4OPt-2. The summed E-state index contributed by atoms with van der Waals surface area (Å²) in [6, 6.07) is 35.8. The number of para-hydroxylation sites is 4. The van der Waals surface area contributed by atoms with Gasteiger partial charge in [-0.1, -0.05) is 159 Å². The summed E-state index contributed by atoms with van der Waals surface area (Å²) >= 11 is 0. The average Bonchev–Trinajstić information content (AvgIpc) is 3.89. The van der Waals surface area contributed by atoms with Gasteiger partial charge in [0.15, 0.2) is 0 Å². The van der Waals surface area contributed by atoms with Crippen molar-refractivity contribution in [3.63, 3.8) is 0 Å². The Morgan fingerprint density at radius 1 is 0.677 bits per heavy atom. The molecule has 10 aromatic rings. The number of nitrogens with zero attached hydrogens (tertiary/aromatic N) is 4. The fraction of sp³-hybridized carbons (Fsp3) is 0.107. The van der Waals surface area contributed by atoms with Gasteiger partial charge in [-0.2, -0.15) is 6.07 Å². The maximum absolute atomic E-state index is 9.05. The van der Waals surface area contributed by atoms with E-state index in [1.807, 2.05) is 97.4 Å². The molecule has 0 fully saturated rings. The van der Waals surface area contributed by atoms with Crippen molar-refractivity contribution in [1.82, 2.24) is 14.1 Å². The van der Waals surface area contributed by atoms with Gasteiger partial charge in [0.25, 0.3) is 6.33 Å². The zero-order valence-corrected chi connectivity index (χ0v) is 36.8. The normalized spacial score (nSPS) is 13.8. The van der Waals surface area contributed by atoms with Crippen molar-refractivity contribution in [2.45, 2.75) is 40.0 Å². The molecular weight excluding hydrogens is 940 g/mol. The largest absolute Gasteiger partial charge is 0.503 e. The third kappa shape index (κ3) is 7.37. The van der Waals surface area contributed by atoms with E-state index < -0.39 is 60.4 Å². The first kappa shape index (κ1) is 30.3. The van der Waals surface area contributed by atoms with Crippen molar-refractivity contribution < 1.29 is 44.1 Å². The summed E-state index contributed by atoms with van der Waals surface area (Å²) in [7, 11) is 0. The minimum Gasteiger partial charge on any atom is -0.503 e. The van der Waals surface area contributed by atoms with Gasteiger partial charge in [0.2, 0.25) is 0 Å². The Bertz CT molecular complexity index is 3740. The van der Waals surface area contributed by atoms with Gasteiger partial charge in [-0.25, -0.2) is 4.98 Å². The number of imidazole rings is 1. The molecule has 7 aromatic carbocycles. The van der Waals surface area contributed by atoms with Crippen LogP contribution in [0, 0.1) is 18.5 Å².